The molecule has 0 bridgehead atoms. The normalized spacial score (nSPS) is 10.2. The summed E-state index contributed by atoms with van der Waals surface area (Å²) in [5.41, 5.74) is 1.25. The summed E-state index contributed by atoms with van der Waals surface area (Å²) in [6.07, 6.45) is 0. The van der Waals surface area contributed by atoms with Crippen molar-refractivity contribution in [3.8, 4) is 0 Å². The molecule has 3 heteroatoms. The van der Waals surface area contributed by atoms with Gasteiger partial charge in [-0.1, -0.05) is 0 Å². The predicted octanol–water partition coefficient (Wildman–Crippen LogP) is 2.32. The molecule has 0 saturated carbocycles. The van der Waals surface area contributed by atoms with Gasteiger partial charge in [0.25, 0.3) is 0 Å². The first kappa shape index (κ1) is 8.11. The summed E-state index contributed by atoms with van der Waals surface area (Å²) in [6, 6.07) is 2.13. The highest BCUT2D eigenvalue weighted by molar-refractivity contribution is 7.79. The number of methoxy groups -OCH3 is 1. The molecule has 1 aromatic rings. The van der Waals surface area contributed by atoms with Crippen LogP contribution in [0.2, 0.25) is 0 Å². The molecular formula is C7H10OS2. The van der Waals surface area contributed by atoms with Gasteiger partial charge < -0.3 is 4.74 Å². The maximum atomic E-state index is 4.97. The van der Waals surface area contributed by atoms with E-state index in [1.807, 2.05) is 0 Å². The number of thiol groups is 1. The summed E-state index contributed by atoms with van der Waals surface area (Å²) >= 11 is 5.89. The molecule has 0 saturated heterocycles. The fraction of sp³-hybridized carbons (Fsp3) is 0.429. The van der Waals surface area contributed by atoms with Crippen molar-refractivity contribution in [2.45, 2.75) is 12.4 Å². The summed E-state index contributed by atoms with van der Waals surface area (Å²) in [7, 11) is 1.71. The number of hydrogen-bond acceptors (Lipinski definition) is 3. The van der Waals surface area contributed by atoms with Gasteiger partial charge in [0.1, 0.15) is 0 Å². The lowest BCUT2D eigenvalue weighted by molar-refractivity contribution is 0.185. The predicted molar refractivity (Wildman–Crippen MR) is 47.7 cm³/mol. The van der Waals surface area contributed by atoms with E-state index >= 15 is 0 Å². The van der Waals surface area contributed by atoms with Gasteiger partial charge in [-0.05, 0) is 17.0 Å². The molecule has 0 spiro atoms. The Morgan fingerprint density at radius 1 is 1.70 bits per heavy atom. The van der Waals surface area contributed by atoms with Gasteiger partial charge >= 0.3 is 0 Å². The number of hydrogen-bond donors (Lipinski definition) is 1. The van der Waals surface area contributed by atoms with Gasteiger partial charge in [-0.15, -0.1) is 11.3 Å². The Bertz CT molecular complexity index is 195. The molecule has 10 heavy (non-hydrogen) atoms. The van der Waals surface area contributed by atoms with Crippen molar-refractivity contribution in [2.75, 3.05) is 7.11 Å². The first-order valence-corrected chi connectivity index (χ1v) is 4.54. The third kappa shape index (κ3) is 2.01. The Labute approximate surface area is 70.4 Å². The minimum absolute atomic E-state index is 0.713. The lowest BCUT2D eigenvalue weighted by atomic mass is 10.3. The van der Waals surface area contributed by atoms with Crippen molar-refractivity contribution in [1.29, 1.82) is 0 Å². The Morgan fingerprint density at radius 3 is 3.00 bits per heavy atom. The molecule has 0 aliphatic rings. The second-order valence-electron chi connectivity index (χ2n) is 2.01. The Balaban J connectivity index is 2.59. The second-order valence-corrected chi connectivity index (χ2v) is 3.32. The maximum Gasteiger partial charge on any atom is 0.0721 e. The van der Waals surface area contributed by atoms with E-state index in [0.29, 0.717) is 6.61 Å². The van der Waals surface area contributed by atoms with Crippen molar-refractivity contribution in [3.05, 3.63) is 21.9 Å². The van der Waals surface area contributed by atoms with Crippen LogP contribution in [0.1, 0.15) is 10.4 Å². The molecule has 0 fully saturated rings. The zero-order chi connectivity index (χ0) is 7.40. The van der Waals surface area contributed by atoms with E-state index in [1.54, 1.807) is 18.4 Å². The molecule has 1 nitrogen and oxygen atoms in total. The van der Waals surface area contributed by atoms with Crippen LogP contribution in [0.15, 0.2) is 11.4 Å². The van der Waals surface area contributed by atoms with Crippen LogP contribution in [0.5, 0.6) is 0 Å². The van der Waals surface area contributed by atoms with Crippen LogP contribution in [-0.2, 0) is 17.1 Å². The first-order valence-electron chi connectivity index (χ1n) is 3.03. The molecule has 1 aromatic heterocycles. The molecule has 1 heterocycles. The molecule has 0 radical (unpaired) electrons. The lowest BCUT2D eigenvalue weighted by Gasteiger charge is -1.90. The fourth-order valence-electron chi connectivity index (χ4n) is 0.751. The summed E-state index contributed by atoms with van der Waals surface area (Å²) in [5.74, 6) is 0.828. The minimum Gasteiger partial charge on any atom is -0.380 e. The van der Waals surface area contributed by atoms with Crippen molar-refractivity contribution < 1.29 is 4.74 Å². The Kier molecular flexibility index (Phi) is 3.25. The Hall–Kier alpha value is 0.01000. The number of ether oxygens (including phenoxy) is 1. The highest BCUT2D eigenvalue weighted by atomic mass is 32.1. The zero-order valence-electron chi connectivity index (χ0n) is 5.83. The van der Waals surface area contributed by atoms with Gasteiger partial charge in [-0.3, -0.25) is 0 Å². The third-order valence-corrected chi connectivity index (χ3v) is 2.72. The summed E-state index contributed by atoms with van der Waals surface area (Å²) in [4.78, 5) is 1.30. The quantitative estimate of drug-likeness (QED) is 0.692. The highest BCUT2D eigenvalue weighted by Crippen LogP contribution is 2.16. The van der Waals surface area contributed by atoms with E-state index < -0.39 is 0 Å². The standard InChI is InChI=1S/C7H10OS2/c1-8-3-6-2-7(4-9)10-5-6/h2,5,9H,3-4H2,1H3. The van der Waals surface area contributed by atoms with Crippen LogP contribution in [0, 0.1) is 0 Å². The van der Waals surface area contributed by atoms with Gasteiger partial charge in [0, 0.05) is 17.7 Å². The van der Waals surface area contributed by atoms with Crippen LogP contribution >= 0.6 is 24.0 Å². The maximum absolute atomic E-state index is 4.97. The Morgan fingerprint density at radius 2 is 2.50 bits per heavy atom. The highest BCUT2D eigenvalue weighted by Gasteiger charge is 1.95. The summed E-state index contributed by atoms with van der Waals surface area (Å²) in [6.45, 7) is 0.713. The SMILES string of the molecule is COCc1csc(CS)c1. The molecular weight excluding hydrogens is 164 g/mol. The van der Waals surface area contributed by atoms with E-state index in [-0.39, 0.29) is 0 Å². The van der Waals surface area contributed by atoms with Crippen molar-refractivity contribution in [2.24, 2.45) is 0 Å². The van der Waals surface area contributed by atoms with Gasteiger partial charge in [0.05, 0.1) is 6.61 Å². The summed E-state index contributed by atoms with van der Waals surface area (Å²) < 4.78 is 4.97. The molecule has 0 aliphatic carbocycles. The molecule has 56 valence electrons. The van der Waals surface area contributed by atoms with Gasteiger partial charge in [-0.25, -0.2) is 0 Å². The third-order valence-electron chi connectivity index (χ3n) is 1.17. The van der Waals surface area contributed by atoms with E-state index in [1.165, 1.54) is 10.4 Å². The molecule has 0 unspecified atom stereocenters. The van der Waals surface area contributed by atoms with E-state index in [9.17, 15) is 0 Å². The molecule has 0 amide bonds. The topological polar surface area (TPSA) is 9.23 Å². The largest absolute Gasteiger partial charge is 0.380 e. The zero-order valence-corrected chi connectivity index (χ0v) is 7.54. The molecule has 0 N–H and O–H groups in total. The number of thiophene rings is 1. The molecule has 0 aliphatic heterocycles. The molecule has 1 rings (SSSR count). The fourth-order valence-corrected chi connectivity index (χ4v) is 1.80. The second kappa shape index (κ2) is 4.01. The van der Waals surface area contributed by atoms with Crippen LogP contribution < -0.4 is 0 Å². The average Bonchev–Trinajstić information content (AvgIpc) is 2.37. The van der Waals surface area contributed by atoms with E-state index in [0.717, 1.165) is 5.75 Å². The smallest absolute Gasteiger partial charge is 0.0721 e. The minimum atomic E-state index is 0.713. The first-order chi connectivity index (χ1) is 4.86. The molecule has 0 aromatic carbocycles. The van der Waals surface area contributed by atoms with E-state index in [4.69, 9.17) is 4.74 Å². The summed E-state index contributed by atoms with van der Waals surface area (Å²) in [5, 5.41) is 2.11. The van der Waals surface area contributed by atoms with Crippen LogP contribution in [0.25, 0.3) is 0 Å². The lowest BCUT2D eigenvalue weighted by Crippen LogP contribution is -1.81. The van der Waals surface area contributed by atoms with Crippen molar-refractivity contribution in [3.63, 3.8) is 0 Å². The van der Waals surface area contributed by atoms with Gasteiger partial charge in [0.2, 0.25) is 0 Å². The van der Waals surface area contributed by atoms with Crippen LogP contribution in [-0.4, -0.2) is 7.11 Å². The van der Waals surface area contributed by atoms with Crippen LogP contribution in [0.3, 0.4) is 0 Å². The van der Waals surface area contributed by atoms with Gasteiger partial charge in [-0.2, -0.15) is 12.6 Å². The van der Waals surface area contributed by atoms with Crippen molar-refractivity contribution in [1.82, 2.24) is 0 Å². The monoisotopic (exact) mass is 174 g/mol. The number of rotatable bonds is 3. The average molecular weight is 174 g/mol. The van der Waals surface area contributed by atoms with Gasteiger partial charge in [0.15, 0.2) is 0 Å². The van der Waals surface area contributed by atoms with Crippen molar-refractivity contribution >= 4 is 24.0 Å². The van der Waals surface area contributed by atoms with E-state index in [2.05, 4.69) is 24.1 Å². The van der Waals surface area contributed by atoms with Crippen LogP contribution in [0.4, 0.5) is 0 Å². The molecule has 0 atom stereocenters.